The molecule has 1 fully saturated rings. The van der Waals surface area contributed by atoms with Crippen molar-refractivity contribution in [2.75, 3.05) is 0 Å². The van der Waals surface area contributed by atoms with Gasteiger partial charge < -0.3 is 4.74 Å². The number of fused-ring (bicyclic) bond motifs is 5. The lowest BCUT2D eigenvalue weighted by Gasteiger charge is -2.25. The number of carbonyl (C=O) groups excluding carboxylic acids is 1. The van der Waals surface area contributed by atoms with Gasteiger partial charge in [0, 0.05) is 12.8 Å². The zero-order valence-corrected chi connectivity index (χ0v) is 8.22. The summed E-state index contributed by atoms with van der Waals surface area (Å²) in [5, 5.41) is 0. The Morgan fingerprint density at radius 3 is 2.79 bits per heavy atom. The summed E-state index contributed by atoms with van der Waals surface area (Å²) in [6.07, 6.45) is 10.2. The second kappa shape index (κ2) is 2.72. The molecule has 2 heteroatoms. The number of hydrogen-bond acceptors (Lipinski definition) is 2. The van der Waals surface area contributed by atoms with E-state index in [9.17, 15) is 4.79 Å². The lowest BCUT2D eigenvalue weighted by molar-refractivity contribution is -0.146. The van der Waals surface area contributed by atoms with Gasteiger partial charge in [-0.3, -0.25) is 4.79 Å². The predicted molar refractivity (Wildman–Crippen MR) is 52.4 cm³/mol. The van der Waals surface area contributed by atoms with E-state index in [0.717, 1.165) is 0 Å². The summed E-state index contributed by atoms with van der Waals surface area (Å²) in [5.41, 5.74) is 0. The largest absolute Gasteiger partial charge is 0.458 e. The maximum atomic E-state index is 10.9. The van der Waals surface area contributed by atoms with Gasteiger partial charge in [0.15, 0.2) is 0 Å². The highest BCUT2D eigenvalue weighted by Gasteiger charge is 2.49. The van der Waals surface area contributed by atoms with Gasteiger partial charge in [-0.05, 0) is 30.3 Å². The van der Waals surface area contributed by atoms with E-state index in [1.807, 2.05) is 0 Å². The summed E-state index contributed by atoms with van der Waals surface area (Å²) in [5.74, 6) is 2.36. The summed E-state index contributed by atoms with van der Waals surface area (Å²) >= 11 is 0. The maximum absolute atomic E-state index is 10.9. The van der Waals surface area contributed by atoms with E-state index in [1.165, 1.54) is 13.3 Å². The molecule has 0 radical (unpaired) electrons. The van der Waals surface area contributed by atoms with Gasteiger partial charge in [-0.2, -0.15) is 0 Å². The normalized spacial score (nSPS) is 47.1. The van der Waals surface area contributed by atoms with E-state index in [1.54, 1.807) is 0 Å². The average Bonchev–Trinajstić information content (AvgIpc) is 2.74. The first-order valence-corrected chi connectivity index (χ1v) is 5.29. The van der Waals surface area contributed by atoms with Crippen LogP contribution in [0.25, 0.3) is 0 Å². The molecule has 3 aliphatic carbocycles. The fourth-order valence-corrected chi connectivity index (χ4v) is 3.31. The predicted octanol–water partition coefficient (Wildman–Crippen LogP) is 1.93. The van der Waals surface area contributed by atoms with Crippen LogP contribution in [0.3, 0.4) is 0 Å². The molecule has 5 atom stereocenters. The Morgan fingerprint density at radius 2 is 2.00 bits per heavy atom. The molecular weight excluding hydrogens is 176 g/mol. The highest BCUT2D eigenvalue weighted by atomic mass is 16.5. The Bertz CT molecular complexity index is 329. The number of carbonyl (C=O) groups is 1. The minimum absolute atomic E-state index is 0.0393. The molecule has 1 saturated carbocycles. The van der Waals surface area contributed by atoms with Crippen molar-refractivity contribution < 1.29 is 9.53 Å². The molecule has 0 spiro atoms. The van der Waals surface area contributed by atoms with Crippen molar-refractivity contribution in [1.29, 1.82) is 0 Å². The zero-order valence-electron chi connectivity index (χ0n) is 8.22. The maximum Gasteiger partial charge on any atom is 0.303 e. The topological polar surface area (TPSA) is 26.3 Å². The first-order valence-electron chi connectivity index (χ1n) is 5.29. The molecule has 0 aromatic carbocycles. The fraction of sp³-hybridized carbons (Fsp3) is 0.583. The molecule has 74 valence electrons. The molecule has 0 heterocycles. The van der Waals surface area contributed by atoms with E-state index < -0.39 is 0 Å². The lowest BCUT2D eigenvalue weighted by atomic mass is 9.84. The van der Waals surface area contributed by atoms with Crippen molar-refractivity contribution in [2.45, 2.75) is 19.4 Å². The van der Waals surface area contributed by atoms with E-state index in [2.05, 4.69) is 24.3 Å². The van der Waals surface area contributed by atoms with Crippen LogP contribution in [0, 0.1) is 23.7 Å². The number of ether oxygens (including phenoxy) is 1. The molecular formula is C12H14O2. The molecule has 0 N–H and O–H groups in total. The molecule has 0 saturated heterocycles. The van der Waals surface area contributed by atoms with Gasteiger partial charge in [0.2, 0.25) is 0 Å². The second-order valence-corrected chi connectivity index (χ2v) is 4.56. The fourth-order valence-electron chi connectivity index (χ4n) is 3.31. The van der Waals surface area contributed by atoms with Gasteiger partial charge in [-0.15, -0.1) is 0 Å². The van der Waals surface area contributed by atoms with Crippen LogP contribution < -0.4 is 0 Å². The second-order valence-electron chi connectivity index (χ2n) is 4.56. The summed E-state index contributed by atoms with van der Waals surface area (Å²) in [6, 6.07) is 0. The Labute approximate surface area is 83.6 Å². The van der Waals surface area contributed by atoms with E-state index in [-0.39, 0.29) is 12.1 Å². The Kier molecular flexibility index (Phi) is 1.61. The van der Waals surface area contributed by atoms with Gasteiger partial charge >= 0.3 is 5.97 Å². The molecule has 0 aromatic rings. The highest BCUT2D eigenvalue weighted by Crippen LogP contribution is 2.53. The molecule has 0 aromatic heterocycles. The van der Waals surface area contributed by atoms with Crippen molar-refractivity contribution in [2.24, 2.45) is 23.7 Å². The molecule has 0 aliphatic heterocycles. The lowest BCUT2D eigenvalue weighted by Crippen LogP contribution is -2.27. The monoisotopic (exact) mass is 190 g/mol. The van der Waals surface area contributed by atoms with E-state index >= 15 is 0 Å². The Hall–Kier alpha value is -1.05. The van der Waals surface area contributed by atoms with Crippen LogP contribution >= 0.6 is 0 Å². The van der Waals surface area contributed by atoms with Gasteiger partial charge in [0.25, 0.3) is 0 Å². The van der Waals surface area contributed by atoms with Crippen LogP contribution in [0.2, 0.25) is 0 Å². The molecule has 3 rings (SSSR count). The van der Waals surface area contributed by atoms with Crippen LogP contribution in [0.15, 0.2) is 24.3 Å². The van der Waals surface area contributed by atoms with Crippen molar-refractivity contribution in [3.05, 3.63) is 24.3 Å². The van der Waals surface area contributed by atoms with Crippen molar-refractivity contribution in [3.63, 3.8) is 0 Å². The summed E-state index contributed by atoms with van der Waals surface area (Å²) in [4.78, 5) is 10.9. The summed E-state index contributed by atoms with van der Waals surface area (Å²) in [7, 11) is 0. The third-order valence-corrected chi connectivity index (χ3v) is 3.79. The molecule has 0 amide bonds. The first kappa shape index (κ1) is 8.27. The van der Waals surface area contributed by atoms with Crippen LogP contribution in [-0.2, 0) is 9.53 Å². The molecule has 3 aliphatic rings. The molecule has 14 heavy (non-hydrogen) atoms. The average molecular weight is 190 g/mol. The zero-order chi connectivity index (χ0) is 9.71. The molecule has 2 bridgehead atoms. The van der Waals surface area contributed by atoms with E-state index in [4.69, 9.17) is 4.74 Å². The molecule has 2 nitrogen and oxygen atoms in total. The van der Waals surface area contributed by atoms with Gasteiger partial charge in [-0.1, -0.05) is 18.2 Å². The number of hydrogen-bond donors (Lipinski definition) is 0. The van der Waals surface area contributed by atoms with Crippen LogP contribution in [0.5, 0.6) is 0 Å². The SMILES string of the molecule is CC(=O)O[C@@H]1C=C[C@H]2[C@H]1[C@H]1C=C[C@H]2C1. The third kappa shape index (κ3) is 0.999. The summed E-state index contributed by atoms with van der Waals surface area (Å²) in [6.45, 7) is 1.49. The van der Waals surface area contributed by atoms with Crippen LogP contribution in [0.4, 0.5) is 0 Å². The van der Waals surface area contributed by atoms with Gasteiger partial charge in [0.05, 0.1) is 0 Å². The van der Waals surface area contributed by atoms with Gasteiger partial charge in [-0.25, -0.2) is 0 Å². The van der Waals surface area contributed by atoms with Crippen molar-refractivity contribution >= 4 is 5.97 Å². The quantitative estimate of drug-likeness (QED) is 0.466. The van der Waals surface area contributed by atoms with Crippen molar-refractivity contribution in [1.82, 2.24) is 0 Å². The Morgan fingerprint density at radius 1 is 1.21 bits per heavy atom. The number of allylic oxidation sites excluding steroid dienone is 3. The van der Waals surface area contributed by atoms with Crippen LogP contribution in [-0.4, -0.2) is 12.1 Å². The Balaban J connectivity index is 1.82. The van der Waals surface area contributed by atoms with E-state index in [0.29, 0.717) is 23.7 Å². The van der Waals surface area contributed by atoms with Crippen molar-refractivity contribution in [3.8, 4) is 0 Å². The first-order chi connectivity index (χ1) is 6.75. The smallest absolute Gasteiger partial charge is 0.303 e. The minimum atomic E-state index is -0.160. The standard InChI is InChI=1S/C12H14O2/c1-7(13)14-11-5-4-10-8-2-3-9(6-8)12(10)11/h2-5,8-12H,6H2,1H3/t8-,9-,10+,11+,12+/m0/s1. The van der Waals surface area contributed by atoms with Gasteiger partial charge in [0.1, 0.15) is 6.10 Å². The third-order valence-electron chi connectivity index (χ3n) is 3.79. The molecule has 0 unspecified atom stereocenters. The minimum Gasteiger partial charge on any atom is -0.458 e. The summed E-state index contributed by atoms with van der Waals surface area (Å²) < 4.78 is 5.32. The number of rotatable bonds is 1. The number of esters is 1. The van der Waals surface area contributed by atoms with Crippen LogP contribution in [0.1, 0.15) is 13.3 Å². The highest BCUT2D eigenvalue weighted by molar-refractivity contribution is 5.66.